The summed E-state index contributed by atoms with van der Waals surface area (Å²) in [6.07, 6.45) is 0. The monoisotopic (exact) mass is 509 g/mol. The largest absolute Gasteiger partial charge is 0.493 e. The van der Waals surface area contributed by atoms with Gasteiger partial charge in [0.15, 0.2) is 17.3 Å². The number of carbonyl (C=O) groups excluding carboxylic acids is 2. The average molecular weight is 510 g/mol. The number of carbonyl (C=O) groups is 2. The number of benzene rings is 3. The van der Waals surface area contributed by atoms with Crippen molar-refractivity contribution in [2.45, 2.75) is 5.22 Å². The van der Waals surface area contributed by atoms with E-state index in [-0.39, 0.29) is 28.6 Å². The first-order valence-corrected chi connectivity index (χ1v) is 11.7. The lowest BCUT2D eigenvalue weighted by Gasteiger charge is -2.11. The maximum absolute atomic E-state index is 12.9. The zero-order chi connectivity index (χ0) is 24.8. The van der Waals surface area contributed by atoms with Crippen molar-refractivity contribution in [3.63, 3.8) is 0 Å². The van der Waals surface area contributed by atoms with Crippen molar-refractivity contribution in [2.75, 3.05) is 25.3 Å². The van der Waals surface area contributed by atoms with Crippen LogP contribution < -0.4 is 14.8 Å². The molecule has 0 aliphatic rings. The third-order valence-corrected chi connectivity index (χ3v) is 5.95. The zero-order valence-electron chi connectivity index (χ0n) is 18.8. The molecule has 0 bridgehead atoms. The average Bonchev–Trinajstić information content (AvgIpc) is 3.37. The van der Waals surface area contributed by atoms with Gasteiger partial charge in [-0.25, -0.2) is 0 Å². The van der Waals surface area contributed by atoms with Gasteiger partial charge in [-0.2, -0.15) is 0 Å². The highest BCUT2D eigenvalue weighted by Gasteiger charge is 2.18. The molecular weight excluding hydrogens is 490 g/mol. The lowest BCUT2D eigenvalue weighted by molar-refractivity contribution is -0.113. The number of rotatable bonds is 9. The number of halogens is 1. The molecule has 4 rings (SSSR count). The zero-order valence-corrected chi connectivity index (χ0v) is 20.4. The highest BCUT2D eigenvalue weighted by Crippen LogP contribution is 2.32. The van der Waals surface area contributed by atoms with Crippen LogP contribution in [0.5, 0.6) is 11.5 Å². The summed E-state index contributed by atoms with van der Waals surface area (Å²) in [7, 11) is 3.09. The summed E-state index contributed by atoms with van der Waals surface area (Å²) in [6.45, 7) is 0. The van der Waals surface area contributed by atoms with Crippen molar-refractivity contribution in [1.82, 2.24) is 10.2 Å². The van der Waals surface area contributed by atoms with Crippen LogP contribution in [0.15, 0.2) is 76.4 Å². The third kappa shape index (κ3) is 5.82. The highest BCUT2D eigenvalue weighted by atomic mass is 35.5. The Kier molecular flexibility index (Phi) is 7.69. The molecule has 4 aromatic rings. The van der Waals surface area contributed by atoms with E-state index in [1.54, 1.807) is 61.7 Å². The standard InChI is InChI=1S/C25H20ClN3O5S/c1-32-20-11-8-16(12-21(20)33-2)24-28-29-25(34-24)35-14-22(30)27-19-10-9-17(26)13-18(19)23(31)15-6-4-3-5-7-15/h3-13H,14H2,1-2H3,(H,27,30). The maximum atomic E-state index is 12.9. The summed E-state index contributed by atoms with van der Waals surface area (Å²) in [6, 6.07) is 18.7. The quantitative estimate of drug-likeness (QED) is 0.237. The maximum Gasteiger partial charge on any atom is 0.277 e. The van der Waals surface area contributed by atoms with Crippen LogP contribution in [0.1, 0.15) is 15.9 Å². The number of ketones is 1. The molecule has 178 valence electrons. The molecule has 1 amide bonds. The number of amides is 1. The van der Waals surface area contributed by atoms with E-state index >= 15 is 0 Å². The van der Waals surface area contributed by atoms with E-state index in [0.717, 1.165) is 11.8 Å². The molecule has 1 aromatic heterocycles. The van der Waals surface area contributed by atoms with Crippen molar-refractivity contribution in [1.29, 1.82) is 0 Å². The van der Waals surface area contributed by atoms with Gasteiger partial charge in [0.1, 0.15) is 0 Å². The summed E-state index contributed by atoms with van der Waals surface area (Å²) < 4.78 is 16.2. The summed E-state index contributed by atoms with van der Waals surface area (Å²) >= 11 is 7.18. The summed E-state index contributed by atoms with van der Waals surface area (Å²) in [4.78, 5) is 25.6. The van der Waals surface area contributed by atoms with Crippen LogP contribution in [-0.2, 0) is 4.79 Å². The molecule has 0 unspecified atom stereocenters. The molecule has 0 radical (unpaired) electrons. The van der Waals surface area contributed by atoms with Gasteiger partial charge < -0.3 is 19.2 Å². The molecule has 0 aliphatic heterocycles. The number of hydrogen-bond donors (Lipinski definition) is 1. The fourth-order valence-electron chi connectivity index (χ4n) is 3.23. The Morgan fingerprint density at radius 3 is 2.49 bits per heavy atom. The van der Waals surface area contributed by atoms with Gasteiger partial charge in [-0.05, 0) is 36.4 Å². The van der Waals surface area contributed by atoms with E-state index < -0.39 is 0 Å². The van der Waals surface area contributed by atoms with E-state index in [9.17, 15) is 9.59 Å². The molecule has 0 saturated heterocycles. The van der Waals surface area contributed by atoms with Crippen molar-refractivity contribution < 1.29 is 23.5 Å². The minimum atomic E-state index is -0.342. The minimum Gasteiger partial charge on any atom is -0.493 e. The Bertz CT molecular complexity index is 1360. The van der Waals surface area contributed by atoms with Crippen molar-refractivity contribution in [2.24, 2.45) is 0 Å². The van der Waals surface area contributed by atoms with Crippen LogP contribution in [0.2, 0.25) is 5.02 Å². The molecule has 35 heavy (non-hydrogen) atoms. The van der Waals surface area contributed by atoms with Crippen LogP contribution in [0, 0.1) is 0 Å². The van der Waals surface area contributed by atoms with Gasteiger partial charge in [0.2, 0.25) is 11.8 Å². The molecule has 0 atom stereocenters. The fourth-order valence-corrected chi connectivity index (χ4v) is 3.96. The lowest BCUT2D eigenvalue weighted by atomic mass is 10.0. The van der Waals surface area contributed by atoms with Gasteiger partial charge in [0, 0.05) is 21.7 Å². The van der Waals surface area contributed by atoms with E-state index in [0.29, 0.717) is 38.9 Å². The number of methoxy groups -OCH3 is 2. The fraction of sp³-hybridized carbons (Fsp3) is 0.120. The van der Waals surface area contributed by atoms with E-state index in [1.807, 2.05) is 6.07 Å². The molecule has 0 fully saturated rings. The van der Waals surface area contributed by atoms with Gasteiger partial charge in [-0.3, -0.25) is 9.59 Å². The van der Waals surface area contributed by atoms with Crippen molar-refractivity contribution in [3.8, 4) is 23.0 Å². The van der Waals surface area contributed by atoms with Gasteiger partial charge in [-0.15, -0.1) is 10.2 Å². The number of nitrogens with zero attached hydrogens (tertiary/aromatic N) is 2. The Morgan fingerprint density at radius 2 is 1.74 bits per heavy atom. The Morgan fingerprint density at radius 1 is 0.971 bits per heavy atom. The van der Waals surface area contributed by atoms with E-state index in [4.69, 9.17) is 25.5 Å². The second kappa shape index (κ2) is 11.1. The van der Waals surface area contributed by atoms with Gasteiger partial charge in [-0.1, -0.05) is 53.7 Å². The predicted molar refractivity (Wildman–Crippen MR) is 134 cm³/mol. The number of hydrogen-bond acceptors (Lipinski definition) is 8. The molecule has 0 saturated carbocycles. The molecule has 0 spiro atoms. The lowest BCUT2D eigenvalue weighted by Crippen LogP contribution is -2.17. The van der Waals surface area contributed by atoms with E-state index in [2.05, 4.69) is 15.5 Å². The van der Waals surface area contributed by atoms with Crippen molar-refractivity contribution in [3.05, 3.63) is 82.9 Å². The van der Waals surface area contributed by atoms with Gasteiger partial charge in [0.25, 0.3) is 5.22 Å². The first kappa shape index (κ1) is 24.3. The number of ether oxygens (including phenoxy) is 2. The molecule has 10 heteroatoms. The Labute approximate surface area is 210 Å². The molecule has 0 aliphatic carbocycles. The first-order valence-electron chi connectivity index (χ1n) is 10.4. The number of thioether (sulfide) groups is 1. The molecule has 8 nitrogen and oxygen atoms in total. The highest BCUT2D eigenvalue weighted by molar-refractivity contribution is 7.99. The number of nitrogens with one attached hydrogen (secondary N) is 1. The van der Waals surface area contributed by atoms with Crippen LogP contribution in [-0.4, -0.2) is 41.9 Å². The SMILES string of the molecule is COc1ccc(-c2nnc(SCC(=O)Nc3ccc(Cl)cc3C(=O)c3ccccc3)o2)cc1OC. The van der Waals surface area contributed by atoms with E-state index in [1.165, 1.54) is 13.2 Å². The second-order valence-electron chi connectivity index (χ2n) is 7.16. The predicted octanol–water partition coefficient (Wildman–Crippen LogP) is 5.37. The third-order valence-electron chi connectivity index (χ3n) is 4.90. The molecule has 1 N–H and O–H groups in total. The molecule has 1 heterocycles. The second-order valence-corrected chi connectivity index (χ2v) is 8.53. The van der Waals surface area contributed by atoms with Gasteiger partial charge in [0.05, 0.1) is 25.7 Å². The van der Waals surface area contributed by atoms with Crippen LogP contribution >= 0.6 is 23.4 Å². The Balaban J connectivity index is 1.43. The first-order chi connectivity index (χ1) is 17.0. The van der Waals surface area contributed by atoms with Crippen LogP contribution in [0.3, 0.4) is 0 Å². The molecular formula is C25H20ClN3O5S. The normalized spacial score (nSPS) is 10.6. The summed E-state index contributed by atoms with van der Waals surface area (Å²) in [5.74, 6) is 0.796. The summed E-state index contributed by atoms with van der Waals surface area (Å²) in [5, 5.41) is 11.4. The Hall–Kier alpha value is -3.82. The van der Waals surface area contributed by atoms with Gasteiger partial charge >= 0.3 is 0 Å². The van der Waals surface area contributed by atoms with Crippen molar-refractivity contribution >= 4 is 40.7 Å². The molecule has 3 aromatic carbocycles. The van der Waals surface area contributed by atoms with Crippen LogP contribution in [0.25, 0.3) is 11.5 Å². The topological polar surface area (TPSA) is 104 Å². The number of anilines is 1. The number of aromatic nitrogens is 2. The summed E-state index contributed by atoms with van der Waals surface area (Å²) in [5.41, 5.74) is 1.81. The smallest absolute Gasteiger partial charge is 0.277 e. The van der Waals surface area contributed by atoms with Crippen LogP contribution in [0.4, 0.5) is 5.69 Å². The minimum absolute atomic E-state index is 0.00480.